The quantitative estimate of drug-likeness (QED) is 0.940. The van der Waals surface area contributed by atoms with Gasteiger partial charge in [-0.05, 0) is 23.8 Å². The Bertz CT molecular complexity index is 702. The van der Waals surface area contributed by atoms with Gasteiger partial charge in [0.25, 0.3) is 0 Å². The Morgan fingerprint density at radius 3 is 2.50 bits per heavy atom. The fourth-order valence-corrected chi connectivity index (χ4v) is 3.23. The molecular weight excluding hydrogens is 300 g/mol. The minimum Gasteiger partial charge on any atom is -0.508 e. The first kappa shape index (κ1) is 14.8. The van der Waals surface area contributed by atoms with Gasteiger partial charge in [-0.3, -0.25) is 4.98 Å². The van der Waals surface area contributed by atoms with Crippen LogP contribution < -0.4 is 0 Å². The van der Waals surface area contributed by atoms with Gasteiger partial charge in [0.15, 0.2) is 0 Å². The molecule has 0 unspecified atom stereocenters. The van der Waals surface area contributed by atoms with Crippen LogP contribution in [0, 0.1) is 0 Å². The molecule has 5 nitrogen and oxygen atoms in total. The molecule has 1 aromatic heterocycles. The molecule has 0 bridgehead atoms. The molecular formula is C13H13ClN2O3S. The van der Waals surface area contributed by atoms with Crippen LogP contribution in [0.25, 0.3) is 0 Å². The van der Waals surface area contributed by atoms with Crippen molar-refractivity contribution in [3.8, 4) is 5.75 Å². The average Bonchev–Trinajstić information content (AvgIpc) is 2.41. The normalized spacial score (nSPS) is 11.8. The summed E-state index contributed by atoms with van der Waals surface area (Å²) in [6, 6.07) is 7.76. The number of hydrogen-bond acceptors (Lipinski definition) is 4. The highest BCUT2D eigenvalue weighted by atomic mass is 35.5. The maximum absolute atomic E-state index is 12.4. The zero-order chi connectivity index (χ0) is 14.8. The Morgan fingerprint density at radius 2 is 1.90 bits per heavy atom. The van der Waals surface area contributed by atoms with Crippen LogP contribution in [-0.2, 0) is 16.6 Å². The summed E-state index contributed by atoms with van der Waals surface area (Å²) in [7, 11) is -2.24. The third-order valence-electron chi connectivity index (χ3n) is 2.76. The molecule has 0 atom stereocenters. The van der Waals surface area contributed by atoms with E-state index in [9.17, 15) is 13.5 Å². The zero-order valence-corrected chi connectivity index (χ0v) is 12.3. The van der Waals surface area contributed by atoms with Crippen molar-refractivity contribution in [3.05, 3.63) is 53.3 Å². The highest BCUT2D eigenvalue weighted by Crippen LogP contribution is 2.23. The summed E-state index contributed by atoms with van der Waals surface area (Å²) in [5.41, 5.74) is 0.758. The van der Waals surface area contributed by atoms with Gasteiger partial charge >= 0.3 is 0 Å². The molecule has 2 rings (SSSR count). The van der Waals surface area contributed by atoms with Crippen molar-refractivity contribution in [2.75, 3.05) is 7.05 Å². The number of nitrogens with zero attached hydrogens (tertiary/aromatic N) is 2. The first-order valence-electron chi connectivity index (χ1n) is 5.75. The number of hydrogen-bond donors (Lipinski definition) is 1. The zero-order valence-electron chi connectivity index (χ0n) is 10.7. The van der Waals surface area contributed by atoms with Crippen molar-refractivity contribution in [3.63, 3.8) is 0 Å². The van der Waals surface area contributed by atoms with Crippen molar-refractivity contribution < 1.29 is 13.5 Å². The van der Waals surface area contributed by atoms with Crippen LogP contribution in [0.15, 0.2) is 47.6 Å². The second-order valence-corrected chi connectivity index (χ2v) is 6.65. The maximum Gasteiger partial charge on any atom is 0.246 e. The molecule has 0 amide bonds. The lowest BCUT2D eigenvalue weighted by molar-refractivity contribution is 0.463. The molecule has 2 aromatic rings. The van der Waals surface area contributed by atoms with Gasteiger partial charge < -0.3 is 5.11 Å². The van der Waals surface area contributed by atoms with Gasteiger partial charge in [0.05, 0.1) is 5.02 Å². The van der Waals surface area contributed by atoms with Gasteiger partial charge in [0, 0.05) is 26.0 Å². The summed E-state index contributed by atoms with van der Waals surface area (Å²) in [6.45, 7) is 0.174. The molecule has 1 N–H and O–H groups in total. The van der Waals surface area contributed by atoms with E-state index in [2.05, 4.69) is 4.98 Å². The molecule has 1 aromatic carbocycles. The highest BCUT2D eigenvalue weighted by molar-refractivity contribution is 7.89. The Balaban J connectivity index is 2.26. The van der Waals surface area contributed by atoms with E-state index in [-0.39, 0.29) is 22.2 Å². The number of sulfonamides is 1. The van der Waals surface area contributed by atoms with Crippen molar-refractivity contribution in [2.24, 2.45) is 0 Å². The third-order valence-corrected chi connectivity index (χ3v) is 5.04. The Hall–Kier alpha value is -1.63. The van der Waals surface area contributed by atoms with Gasteiger partial charge in [-0.25, -0.2) is 8.42 Å². The molecule has 20 heavy (non-hydrogen) atoms. The number of aromatic hydroxyl groups is 1. The Labute approximate surface area is 122 Å². The molecule has 0 aliphatic rings. The summed E-state index contributed by atoms with van der Waals surface area (Å²) >= 11 is 5.90. The molecule has 0 spiro atoms. The van der Waals surface area contributed by atoms with E-state index in [1.165, 1.54) is 41.9 Å². The molecule has 7 heteroatoms. The fourth-order valence-electron chi connectivity index (χ4n) is 1.66. The second-order valence-electron chi connectivity index (χ2n) is 4.23. The highest BCUT2D eigenvalue weighted by Gasteiger charge is 2.23. The summed E-state index contributed by atoms with van der Waals surface area (Å²) in [6.07, 6.45) is 2.66. The van der Waals surface area contributed by atoms with Crippen LogP contribution >= 0.6 is 11.6 Å². The molecule has 0 saturated heterocycles. The SMILES string of the molecule is CN(Cc1ccc(O)cc1)S(=O)(=O)c1cnccc1Cl. The topological polar surface area (TPSA) is 70.5 Å². The molecule has 0 fully saturated rings. The second kappa shape index (κ2) is 5.78. The van der Waals surface area contributed by atoms with Gasteiger partial charge in [0.1, 0.15) is 10.6 Å². The van der Waals surface area contributed by atoms with E-state index in [1.54, 1.807) is 12.1 Å². The van der Waals surface area contributed by atoms with Crippen LogP contribution in [0.2, 0.25) is 5.02 Å². The van der Waals surface area contributed by atoms with Crippen molar-refractivity contribution in [1.29, 1.82) is 0 Å². The van der Waals surface area contributed by atoms with Crippen LogP contribution in [0.1, 0.15) is 5.56 Å². The fraction of sp³-hybridized carbons (Fsp3) is 0.154. The number of phenols is 1. The minimum atomic E-state index is -3.70. The standard InChI is InChI=1S/C13H13ClN2O3S/c1-16(9-10-2-4-11(17)5-3-10)20(18,19)13-8-15-7-6-12(13)14/h2-8,17H,9H2,1H3. The third kappa shape index (κ3) is 3.09. The molecule has 0 aliphatic carbocycles. The van der Waals surface area contributed by atoms with Gasteiger partial charge in [0.2, 0.25) is 10.0 Å². The number of rotatable bonds is 4. The van der Waals surface area contributed by atoms with E-state index < -0.39 is 10.0 Å². The van der Waals surface area contributed by atoms with E-state index in [0.717, 1.165) is 5.56 Å². The molecule has 0 aliphatic heterocycles. The lowest BCUT2D eigenvalue weighted by Gasteiger charge is -2.17. The number of halogens is 1. The Morgan fingerprint density at radius 1 is 1.25 bits per heavy atom. The monoisotopic (exact) mass is 312 g/mol. The number of pyridine rings is 1. The van der Waals surface area contributed by atoms with Crippen molar-refractivity contribution in [1.82, 2.24) is 9.29 Å². The van der Waals surface area contributed by atoms with Crippen LogP contribution in [0.5, 0.6) is 5.75 Å². The van der Waals surface area contributed by atoms with Gasteiger partial charge in [-0.15, -0.1) is 0 Å². The predicted octanol–water partition coefficient (Wildman–Crippen LogP) is 2.26. The summed E-state index contributed by atoms with van der Waals surface area (Å²) < 4.78 is 25.9. The van der Waals surface area contributed by atoms with Crippen molar-refractivity contribution >= 4 is 21.6 Å². The minimum absolute atomic E-state index is 0.0251. The Kier molecular flexibility index (Phi) is 4.27. The van der Waals surface area contributed by atoms with Gasteiger partial charge in [-0.2, -0.15) is 4.31 Å². The van der Waals surface area contributed by atoms with E-state index in [4.69, 9.17) is 11.6 Å². The molecule has 0 radical (unpaired) electrons. The lowest BCUT2D eigenvalue weighted by atomic mass is 10.2. The van der Waals surface area contributed by atoms with E-state index in [1.807, 2.05) is 0 Å². The van der Waals surface area contributed by atoms with E-state index >= 15 is 0 Å². The van der Waals surface area contributed by atoms with Crippen LogP contribution in [-0.4, -0.2) is 29.9 Å². The van der Waals surface area contributed by atoms with E-state index in [0.29, 0.717) is 0 Å². The average molecular weight is 313 g/mol. The molecule has 0 saturated carbocycles. The predicted molar refractivity (Wildman–Crippen MR) is 76.0 cm³/mol. The largest absolute Gasteiger partial charge is 0.508 e. The van der Waals surface area contributed by atoms with Gasteiger partial charge in [-0.1, -0.05) is 23.7 Å². The van der Waals surface area contributed by atoms with Crippen molar-refractivity contribution in [2.45, 2.75) is 11.4 Å². The molecule has 1 heterocycles. The summed E-state index contributed by atoms with van der Waals surface area (Å²) in [5.74, 6) is 0.134. The first-order chi connectivity index (χ1) is 9.41. The number of phenolic OH excluding ortho intramolecular Hbond substituents is 1. The number of benzene rings is 1. The lowest BCUT2D eigenvalue weighted by Crippen LogP contribution is -2.26. The first-order valence-corrected chi connectivity index (χ1v) is 7.57. The van der Waals surface area contributed by atoms with Crippen LogP contribution in [0.4, 0.5) is 0 Å². The summed E-state index contributed by atoms with van der Waals surface area (Å²) in [4.78, 5) is 3.76. The smallest absolute Gasteiger partial charge is 0.246 e. The van der Waals surface area contributed by atoms with Crippen LogP contribution in [0.3, 0.4) is 0 Å². The number of aromatic nitrogens is 1. The summed E-state index contributed by atoms with van der Waals surface area (Å²) in [5, 5.41) is 9.34. The molecule has 106 valence electrons. The maximum atomic E-state index is 12.4.